The number of carboxylic acids is 1. The molecule has 0 saturated carbocycles. The molecule has 1 fully saturated rings. The number of H-pyrrole nitrogens is 1. The van der Waals surface area contributed by atoms with Gasteiger partial charge in [0.2, 0.25) is 5.91 Å². The van der Waals surface area contributed by atoms with Gasteiger partial charge in [0, 0.05) is 75.6 Å². The molecule has 0 bridgehead atoms. The van der Waals surface area contributed by atoms with Gasteiger partial charge in [-0.2, -0.15) is 0 Å². The highest BCUT2D eigenvalue weighted by Gasteiger charge is 2.43. The number of aromatic nitrogens is 1. The maximum Gasteiger partial charge on any atom is 0.310 e. The Kier molecular flexibility index (Phi) is 21.6. The number of nitrogens with zero attached hydrogens (tertiary/aromatic N) is 3. The number of benzene rings is 1. The van der Waals surface area contributed by atoms with Crippen molar-refractivity contribution in [3.63, 3.8) is 0 Å². The Bertz CT molecular complexity index is 1800. The highest BCUT2D eigenvalue weighted by atomic mass is 16.6. The van der Waals surface area contributed by atoms with E-state index in [-0.39, 0.29) is 78.5 Å². The van der Waals surface area contributed by atoms with Crippen LogP contribution in [-0.2, 0) is 44.6 Å². The fourth-order valence-electron chi connectivity index (χ4n) is 10.0. The monoisotopic (exact) mass is 897 g/mol. The van der Waals surface area contributed by atoms with Crippen LogP contribution in [0.25, 0.3) is 10.9 Å². The lowest BCUT2D eigenvalue weighted by Crippen LogP contribution is -2.52. The van der Waals surface area contributed by atoms with Crippen LogP contribution in [0.4, 0.5) is 0 Å². The predicted molar refractivity (Wildman–Crippen MR) is 253 cm³/mol. The summed E-state index contributed by atoms with van der Waals surface area (Å²) >= 11 is 0. The molecule has 13 nitrogen and oxygen atoms in total. The van der Waals surface area contributed by atoms with Gasteiger partial charge in [-0.25, -0.2) is 0 Å². The Morgan fingerprint density at radius 1 is 0.906 bits per heavy atom. The van der Waals surface area contributed by atoms with E-state index in [4.69, 9.17) is 19.3 Å². The minimum Gasteiger partial charge on any atom is -0.481 e. The number of likely N-dealkylation sites (N-methyl/N-ethyl adjacent to an activating group) is 2. The molecule has 1 amide bonds. The summed E-state index contributed by atoms with van der Waals surface area (Å²) in [5.74, 6) is -2.04. The van der Waals surface area contributed by atoms with Gasteiger partial charge in [0.15, 0.2) is 5.78 Å². The highest BCUT2D eigenvalue weighted by molar-refractivity contribution is 5.88. The van der Waals surface area contributed by atoms with Crippen molar-refractivity contribution in [2.45, 2.75) is 163 Å². The number of ether oxygens (including phenoxy) is 3. The molecule has 1 aliphatic rings. The molecule has 1 aromatic carbocycles. The second kappa shape index (κ2) is 25.3. The Labute approximate surface area is 384 Å². The van der Waals surface area contributed by atoms with E-state index in [9.17, 15) is 24.0 Å². The standard InChI is InChI=1S/C51H84N4O9/c1-15-34(6)48(54(12)31-38(32(2)3)28-43(57)47(33(4)5)53(11)24-19-23-46(59)60)44(62-13)29-45(58)55-25-18-22-41(55)49(63-14)35(7)42(56)27-36(50(61)64-51(8,9)10)26-37-30-52-40-21-17-16-20-39(37)40/h16-17,20-21,30,32-36,38,41,44,47-49,52H,15,18-19,22-29,31H2,1-14H3,(H,59,60)/t34-,35-,36+,38+,41-,44+,47-,48-,49+/m0/s1. The van der Waals surface area contributed by atoms with Gasteiger partial charge in [-0.15, -0.1) is 0 Å². The first-order valence-corrected chi connectivity index (χ1v) is 23.8. The maximum atomic E-state index is 14.5. The van der Waals surface area contributed by atoms with E-state index in [1.165, 1.54) is 0 Å². The molecule has 0 spiro atoms. The number of hydrogen-bond donors (Lipinski definition) is 2. The average Bonchev–Trinajstić information content (AvgIpc) is 3.87. The zero-order valence-electron chi connectivity index (χ0n) is 41.8. The number of fused-ring (bicyclic) bond motifs is 1. The van der Waals surface area contributed by atoms with Crippen LogP contribution < -0.4 is 0 Å². The van der Waals surface area contributed by atoms with Gasteiger partial charge >= 0.3 is 11.9 Å². The lowest BCUT2D eigenvalue weighted by Gasteiger charge is -2.41. The van der Waals surface area contributed by atoms with Gasteiger partial charge in [0.1, 0.15) is 11.4 Å². The first-order chi connectivity index (χ1) is 30.0. The van der Waals surface area contributed by atoms with Crippen molar-refractivity contribution < 1.29 is 43.3 Å². The maximum absolute atomic E-state index is 14.5. The molecule has 2 heterocycles. The minimum atomic E-state index is -0.836. The molecule has 1 aliphatic heterocycles. The van der Waals surface area contributed by atoms with E-state index in [0.717, 1.165) is 29.3 Å². The summed E-state index contributed by atoms with van der Waals surface area (Å²) < 4.78 is 18.2. The quantitative estimate of drug-likeness (QED) is 0.0796. The second-order valence-electron chi connectivity index (χ2n) is 20.4. The van der Waals surface area contributed by atoms with Gasteiger partial charge in [-0.1, -0.05) is 73.1 Å². The SMILES string of the molecule is CC[C@H](C)[C@@H]([C@@H](CC(=O)N1CCC[C@H]1[C@H](OC)[C@@H](C)C(=O)C[C@@H](Cc1c[nH]c2ccccc12)C(=O)OC(C)(C)C)OC)N(C)C[C@@H](CC(=O)[C@H](C(C)C)N(C)CCCC(=O)O)C(C)C. The number of esters is 1. The molecule has 64 heavy (non-hydrogen) atoms. The third-order valence-electron chi connectivity index (χ3n) is 13.7. The van der Waals surface area contributed by atoms with E-state index < -0.39 is 41.6 Å². The number of para-hydroxylation sites is 1. The van der Waals surface area contributed by atoms with Crippen molar-refractivity contribution in [1.29, 1.82) is 0 Å². The normalized spacial score (nSPS) is 18.6. The van der Waals surface area contributed by atoms with Crippen molar-refractivity contribution in [2.75, 3.05) is 47.9 Å². The average molecular weight is 897 g/mol. The fourth-order valence-corrected chi connectivity index (χ4v) is 10.0. The zero-order valence-corrected chi connectivity index (χ0v) is 41.8. The molecular weight excluding hydrogens is 813 g/mol. The molecule has 13 heteroatoms. The number of aromatic amines is 1. The van der Waals surface area contributed by atoms with E-state index in [2.05, 4.69) is 44.6 Å². The predicted octanol–water partition coefficient (Wildman–Crippen LogP) is 8.07. The van der Waals surface area contributed by atoms with Gasteiger partial charge in [0.25, 0.3) is 0 Å². The third-order valence-corrected chi connectivity index (χ3v) is 13.7. The van der Waals surface area contributed by atoms with Crippen LogP contribution >= 0.6 is 0 Å². The largest absolute Gasteiger partial charge is 0.481 e. The van der Waals surface area contributed by atoms with Crippen molar-refractivity contribution in [3.05, 3.63) is 36.0 Å². The number of nitrogens with one attached hydrogen (secondary N) is 1. The van der Waals surface area contributed by atoms with Gasteiger partial charge < -0.3 is 34.1 Å². The molecular formula is C51H84N4O9. The molecule has 0 radical (unpaired) electrons. The van der Waals surface area contributed by atoms with Crippen LogP contribution in [0.2, 0.25) is 0 Å². The molecule has 362 valence electrons. The summed E-state index contributed by atoms with van der Waals surface area (Å²) in [6, 6.07) is 7.15. The minimum absolute atomic E-state index is 0.0185. The van der Waals surface area contributed by atoms with Crippen molar-refractivity contribution in [2.24, 2.45) is 35.5 Å². The van der Waals surface area contributed by atoms with Crippen molar-refractivity contribution in [1.82, 2.24) is 19.7 Å². The number of carboxylic acid groups (broad SMARTS) is 1. The summed E-state index contributed by atoms with van der Waals surface area (Å²) in [5, 5.41) is 10.2. The van der Waals surface area contributed by atoms with Gasteiger partial charge in [-0.3, -0.25) is 28.9 Å². The zero-order chi connectivity index (χ0) is 48.1. The fraction of sp³-hybridized carbons (Fsp3) is 0.745. The van der Waals surface area contributed by atoms with E-state index in [1.54, 1.807) is 14.2 Å². The molecule has 0 unspecified atom stereocenters. The smallest absolute Gasteiger partial charge is 0.310 e. The Balaban J connectivity index is 1.78. The first kappa shape index (κ1) is 54.7. The Hall–Kier alpha value is -3.65. The van der Waals surface area contributed by atoms with Crippen LogP contribution in [0, 0.1) is 35.5 Å². The second-order valence-corrected chi connectivity index (χ2v) is 20.4. The third kappa shape index (κ3) is 15.5. The van der Waals surface area contributed by atoms with Crippen molar-refractivity contribution >= 4 is 40.3 Å². The number of carbonyl (C=O) groups is 5. The topological polar surface area (TPSA) is 159 Å². The van der Waals surface area contributed by atoms with E-state index in [0.29, 0.717) is 45.3 Å². The number of likely N-dealkylation sites (tertiary alicyclic amines) is 1. The molecule has 2 N–H and O–H groups in total. The summed E-state index contributed by atoms with van der Waals surface area (Å²) in [5.41, 5.74) is 1.18. The van der Waals surface area contributed by atoms with E-state index in [1.807, 2.05) is 88.9 Å². The number of ketones is 2. The lowest BCUT2D eigenvalue weighted by atomic mass is 9.84. The molecule has 1 aromatic heterocycles. The molecule has 3 rings (SSSR count). The summed E-state index contributed by atoms with van der Waals surface area (Å²) in [6.07, 6.45) is 4.65. The Morgan fingerprint density at radius 3 is 2.16 bits per heavy atom. The highest BCUT2D eigenvalue weighted by Crippen LogP contribution is 2.32. The van der Waals surface area contributed by atoms with Crippen LogP contribution in [0.5, 0.6) is 0 Å². The van der Waals surface area contributed by atoms with Gasteiger partial charge in [0.05, 0.1) is 36.6 Å². The number of hydrogen-bond acceptors (Lipinski definition) is 10. The molecule has 2 aromatic rings. The number of methoxy groups -OCH3 is 2. The summed E-state index contributed by atoms with van der Waals surface area (Å²) in [7, 11) is 7.24. The van der Waals surface area contributed by atoms with Crippen LogP contribution in [0.1, 0.15) is 126 Å². The number of rotatable bonds is 28. The summed E-state index contributed by atoms with van der Waals surface area (Å²) in [4.78, 5) is 77.0. The van der Waals surface area contributed by atoms with Gasteiger partial charge in [-0.05, 0) is 102 Å². The van der Waals surface area contributed by atoms with Crippen LogP contribution in [0.3, 0.4) is 0 Å². The lowest BCUT2D eigenvalue weighted by molar-refractivity contribution is -0.161. The molecule has 9 atom stereocenters. The molecule has 1 saturated heterocycles. The number of amides is 1. The number of carbonyl (C=O) groups excluding carboxylic acids is 4. The Morgan fingerprint density at radius 2 is 1.58 bits per heavy atom. The van der Waals surface area contributed by atoms with Crippen LogP contribution in [-0.4, -0.2) is 138 Å². The first-order valence-electron chi connectivity index (χ1n) is 23.8. The van der Waals surface area contributed by atoms with E-state index >= 15 is 0 Å². The molecule has 0 aliphatic carbocycles. The number of Topliss-reactive ketones (excluding diaryl/α,β-unsaturated/α-hetero) is 2. The van der Waals surface area contributed by atoms with Crippen LogP contribution in [0.15, 0.2) is 30.5 Å². The number of aliphatic carboxylic acids is 1. The van der Waals surface area contributed by atoms with Crippen molar-refractivity contribution in [3.8, 4) is 0 Å². The summed E-state index contributed by atoms with van der Waals surface area (Å²) in [6.45, 7) is 21.8.